The highest BCUT2D eigenvalue weighted by Crippen LogP contribution is 2.26. The molecule has 0 saturated heterocycles. The Balaban J connectivity index is 1.67. The first kappa shape index (κ1) is 12.0. The lowest BCUT2D eigenvalue weighted by Gasteiger charge is -2.06. The van der Waals surface area contributed by atoms with Crippen LogP contribution in [0.2, 0.25) is 0 Å². The zero-order chi connectivity index (χ0) is 13.2. The van der Waals surface area contributed by atoms with Crippen LogP contribution >= 0.6 is 0 Å². The molecule has 1 aliphatic carbocycles. The molecule has 2 aromatic rings. The fourth-order valence-electron chi connectivity index (χ4n) is 2.44. The lowest BCUT2D eigenvalue weighted by Crippen LogP contribution is -1.95. The summed E-state index contributed by atoms with van der Waals surface area (Å²) in [6.45, 7) is 1.84. The summed E-state index contributed by atoms with van der Waals surface area (Å²) in [4.78, 5) is 11.1. The summed E-state index contributed by atoms with van der Waals surface area (Å²) in [5.41, 5.74) is 2.82. The molecule has 0 saturated carbocycles. The number of fused-ring (bicyclic) bond motifs is 1. The van der Waals surface area contributed by atoms with Crippen molar-refractivity contribution < 1.29 is 13.9 Å². The first-order chi connectivity index (χ1) is 9.22. The smallest absolute Gasteiger partial charge is 0.194 e. The number of furan rings is 1. The van der Waals surface area contributed by atoms with Gasteiger partial charge in [-0.15, -0.1) is 0 Å². The number of carbonyl (C=O) groups is 1. The Labute approximate surface area is 112 Å². The lowest BCUT2D eigenvalue weighted by atomic mass is 10.1. The third kappa shape index (κ3) is 2.55. The van der Waals surface area contributed by atoms with Crippen LogP contribution in [-0.2, 0) is 19.4 Å². The quantitative estimate of drug-likeness (QED) is 0.785. The summed E-state index contributed by atoms with van der Waals surface area (Å²) in [5, 5.41) is 0. The third-order valence-electron chi connectivity index (χ3n) is 3.46. The fourth-order valence-corrected chi connectivity index (χ4v) is 2.44. The second-order valence-electron chi connectivity index (χ2n) is 4.89. The van der Waals surface area contributed by atoms with Gasteiger partial charge in [0.05, 0.1) is 0 Å². The normalized spacial score (nSPS) is 13.3. The number of hydrogen-bond acceptors (Lipinski definition) is 3. The Hall–Kier alpha value is -2.03. The average molecular weight is 256 g/mol. The van der Waals surface area contributed by atoms with Crippen molar-refractivity contribution >= 4 is 5.78 Å². The molecule has 1 aliphatic rings. The van der Waals surface area contributed by atoms with Crippen molar-refractivity contribution in [1.29, 1.82) is 0 Å². The molecule has 1 aromatic heterocycles. The van der Waals surface area contributed by atoms with Gasteiger partial charge in [-0.2, -0.15) is 0 Å². The molecule has 3 rings (SSSR count). The first-order valence-corrected chi connectivity index (χ1v) is 6.56. The van der Waals surface area contributed by atoms with Gasteiger partial charge in [-0.3, -0.25) is 4.79 Å². The number of ether oxygens (including phenoxy) is 1. The van der Waals surface area contributed by atoms with Crippen LogP contribution in [-0.4, -0.2) is 5.78 Å². The number of benzene rings is 1. The number of rotatable bonds is 4. The maximum atomic E-state index is 11.1. The van der Waals surface area contributed by atoms with E-state index in [-0.39, 0.29) is 5.78 Å². The van der Waals surface area contributed by atoms with Crippen LogP contribution in [0, 0.1) is 0 Å². The zero-order valence-electron chi connectivity index (χ0n) is 10.9. The lowest BCUT2D eigenvalue weighted by molar-refractivity contribution is 0.0983. The summed E-state index contributed by atoms with van der Waals surface area (Å²) >= 11 is 0. The van der Waals surface area contributed by atoms with E-state index in [2.05, 4.69) is 12.1 Å². The van der Waals surface area contributed by atoms with E-state index in [9.17, 15) is 4.79 Å². The van der Waals surface area contributed by atoms with E-state index in [1.165, 1.54) is 30.9 Å². The molecule has 98 valence electrons. The Bertz CT molecular complexity index is 610. The minimum absolute atomic E-state index is 0.0659. The van der Waals surface area contributed by atoms with Crippen LogP contribution < -0.4 is 4.74 Å². The first-order valence-electron chi connectivity index (χ1n) is 6.56. The van der Waals surface area contributed by atoms with Gasteiger partial charge in [0.1, 0.15) is 18.1 Å². The van der Waals surface area contributed by atoms with Crippen LogP contribution in [0.3, 0.4) is 0 Å². The summed E-state index contributed by atoms with van der Waals surface area (Å²) < 4.78 is 11.1. The van der Waals surface area contributed by atoms with Gasteiger partial charge < -0.3 is 9.15 Å². The fraction of sp³-hybridized carbons (Fsp3) is 0.312. The molecule has 19 heavy (non-hydrogen) atoms. The molecular weight excluding hydrogens is 240 g/mol. The molecule has 0 amide bonds. The highest BCUT2D eigenvalue weighted by molar-refractivity contribution is 5.91. The highest BCUT2D eigenvalue weighted by Gasteiger charge is 2.12. The van der Waals surface area contributed by atoms with Gasteiger partial charge in [0, 0.05) is 6.92 Å². The highest BCUT2D eigenvalue weighted by atomic mass is 16.5. The minimum atomic E-state index is -0.0659. The van der Waals surface area contributed by atoms with Gasteiger partial charge in [-0.05, 0) is 54.7 Å². The third-order valence-corrected chi connectivity index (χ3v) is 3.46. The van der Waals surface area contributed by atoms with E-state index in [0.29, 0.717) is 18.1 Å². The maximum Gasteiger partial charge on any atom is 0.194 e. The second kappa shape index (κ2) is 4.92. The van der Waals surface area contributed by atoms with Gasteiger partial charge in [-0.25, -0.2) is 0 Å². The van der Waals surface area contributed by atoms with Crippen molar-refractivity contribution in [3.05, 3.63) is 53.0 Å². The molecule has 3 heteroatoms. The minimum Gasteiger partial charge on any atom is -0.486 e. The van der Waals surface area contributed by atoms with E-state index in [1.807, 2.05) is 6.07 Å². The van der Waals surface area contributed by atoms with Crippen LogP contribution in [0.1, 0.15) is 40.8 Å². The Morgan fingerprint density at radius 2 is 2.05 bits per heavy atom. The molecule has 0 bridgehead atoms. The van der Waals surface area contributed by atoms with E-state index in [0.717, 1.165) is 12.2 Å². The summed E-state index contributed by atoms with van der Waals surface area (Å²) in [6.07, 6.45) is 3.55. The van der Waals surface area contributed by atoms with Crippen LogP contribution in [0.25, 0.3) is 0 Å². The van der Waals surface area contributed by atoms with Crippen molar-refractivity contribution in [2.24, 2.45) is 0 Å². The molecule has 0 spiro atoms. The van der Waals surface area contributed by atoms with Crippen molar-refractivity contribution in [1.82, 2.24) is 0 Å². The SMILES string of the molecule is CC(=O)c1ccc(COc2ccc3c(c2)CCC3)o1. The van der Waals surface area contributed by atoms with Crippen LogP contribution in [0.4, 0.5) is 0 Å². The number of ketones is 1. The Morgan fingerprint density at radius 1 is 1.21 bits per heavy atom. The number of carbonyl (C=O) groups excluding carboxylic acids is 1. The van der Waals surface area contributed by atoms with E-state index in [4.69, 9.17) is 9.15 Å². The van der Waals surface area contributed by atoms with Gasteiger partial charge in [0.15, 0.2) is 11.5 Å². The summed E-state index contributed by atoms with van der Waals surface area (Å²) in [5.74, 6) is 1.85. The topological polar surface area (TPSA) is 39.4 Å². The van der Waals surface area contributed by atoms with Crippen molar-refractivity contribution in [2.75, 3.05) is 0 Å². The second-order valence-corrected chi connectivity index (χ2v) is 4.89. The molecule has 0 unspecified atom stereocenters. The molecule has 1 heterocycles. The van der Waals surface area contributed by atoms with Crippen LogP contribution in [0.15, 0.2) is 34.7 Å². The van der Waals surface area contributed by atoms with Gasteiger partial charge in [0.2, 0.25) is 0 Å². The number of hydrogen-bond donors (Lipinski definition) is 0. The Morgan fingerprint density at radius 3 is 2.84 bits per heavy atom. The monoisotopic (exact) mass is 256 g/mol. The van der Waals surface area contributed by atoms with E-state index in [1.54, 1.807) is 12.1 Å². The maximum absolute atomic E-state index is 11.1. The molecule has 0 atom stereocenters. The standard InChI is InChI=1S/C16H16O3/c1-11(17)16-8-7-15(19-16)10-18-14-6-5-12-3-2-4-13(12)9-14/h5-9H,2-4,10H2,1H3. The van der Waals surface area contributed by atoms with Crippen molar-refractivity contribution in [3.63, 3.8) is 0 Å². The Kier molecular flexibility index (Phi) is 3.11. The van der Waals surface area contributed by atoms with Crippen LogP contribution in [0.5, 0.6) is 5.75 Å². The molecule has 0 fully saturated rings. The van der Waals surface area contributed by atoms with E-state index < -0.39 is 0 Å². The molecule has 0 N–H and O–H groups in total. The zero-order valence-corrected chi connectivity index (χ0v) is 10.9. The van der Waals surface area contributed by atoms with Gasteiger partial charge in [-0.1, -0.05) is 6.07 Å². The molecule has 0 aliphatic heterocycles. The van der Waals surface area contributed by atoms with Gasteiger partial charge >= 0.3 is 0 Å². The van der Waals surface area contributed by atoms with Gasteiger partial charge in [0.25, 0.3) is 0 Å². The van der Waals surface area contributed by atoms with Crippen molar-refractivity contribution in [2.45, 2.75) is 32.8 Å². The number of Topliss-reactive ketones (excluding diaryl/α,β-unsaturated/α-hetero) is 1. The molecule has 1 aromatic carbocycles. The molecular formula is C16H16O3. The largest absolute Gasteiger partial charge is 0.486 e. The average Bonchev–Trinajstić information content (AvgIpc) is 3.04. The predicted octanol–water partition coefficient (Wildman–Crippen LogP) is 3.55. The molecule has 0 radical (unpaired) electrons. The van der Waals surface area contributed by atoms with E-state index >= 15 is 0 Å². The summed E-state index contributed by atoms with van der Waals surface area (Å²) in [7, 11) is 0. The molecule has 3 nitrogen and oxygen atoms in total. The number of aryl methyl sites for hydroxylation is 2. The summed E-state index contributed by atoms with van der Waals surface area (Å²) in [6, 6.07) is 9.71. The van der Waals surface area contributed by atoms with Crippen molar-refractivity contribution in [3.8, 4) is 5.75 Å². The predicted molar refractivity (Wildman–Crippen MR) is 71.5 cm³/mol.